The molecule has 1 amide bonds. The van der Waals surface area contributed by atoms with E-state index in [-0.39, 0.29) is 5.91 Å². The van der Waals surface area contributed by atoms with E-state index in [1.165, 1.54) is 25.7 Å². The van der Waals surface area contributed by atoms with Gasteiger partial charge in [0.2, 0.25) is 5.91 Å². The van der Waals surface area contributed by atoms with E-state index in [9.17, 15) is 4.79 Å². The number of hydrogen-bond acceptors (Lipinski definition) is 2. The van der Waals surface area contributed by atoms with Crippen molar-refractivity contribution in [1.82, 2.24) is 5.32 Å². The zero-order valence-corrected chi connectivity index (χ0v) is 13.0. The molecule has 3 heteroatoms. The van der Waals surface area contributed by atoms with E-state index < -0.39 is 0 Å². The minimum Gasteiger partial charge on any atom is -0.496 e. The zero-order valence-electron chi connectivity index (χ0n) is 13.0. The third-order valence-electron chi connectivity index (χ3n) is 5.37. The van der Waals surface area contributed by atoms with Crippen molar-refractivity contribution in [3.05, 3.63) is 29.8 Å². The SMILES string of the molecule is COc1ccccc1CC(=O)N[C@@H](C)[C@H]1C[C@@H]2CC[C@@H]1C2. The number of carbonyl (C=O) groups excluding carboxylic acids is 1. The van der Waals surface area contributed by atoms with Gasteiger partial charge in [-0.1, -0.05) is 24.6 Å². The maximum absolute atomic E-state index is 12.3. The molecule has 1 aromatic carbocycles. The summed E-state index contributed by atoms with van der Waals surface area (Å²) < 4.78 is 5.31. The zero-order chi connectivity index (χ0) is 14.8. The molecule has 0 spiro atoms. The minimum absolute atomic E-state index is 0.106. The second-order valence-electron chi connectivity index (χ2n) is 6.68. The Morgan fingerprint density at radius 3 is 2.81 bits per heavy atom. The first-order chi connectivity index (χ1) is 10.2. The molecule has 1 aromatic rings. The molecule has 114 valence electrons. The molecule has 0 aromatic heterocycles. The predicted molar refractivity (Wildman–Crippen MR) is 83.2 cm³/mol. The van der Waals surface area contributed by atoms with Gasteiger partial charge in [-0.15, -0.1) is 0 Å². The molecule has 21 heavy (non-hydrogen) atoms. The lowest BCUT2D eigenvalue weighted by Crippen LogP contribution is -2.40. The van der Waals surface area contributed by atoms with Gasteiger partial charge in [-0.2, -0.15) is 0 Å². The first kappa shape index (κ1) is 14.4. The summed E-state index contributed by atoms with van der Waals surface area (Å²) in [4.78, 5) is 12.3. The summed E-state index contributed by atoms with van der Waals surface area (Å²) in [5.74, 6) is 3.35. The molecule has 2 aliphatic carbocycles. The quantitative estimate of drug-likeness (QED) is 0.903. The second kappa shape index (κ2) is 6.08. The summed E-state index contributed by atoms with van der Waals surface area (Å²) in [6.07, 6.45) is 5.86. The minimum atomic E-state index is 0.106. The maximum Gasteiger partial charge on any atom is 0.224 e. The van der Waals surface area contributed by atoms with Crippen molar-refractivity contribution in [3.63, 3.8) is 0 Å². The summed E-state index contributed by atoms with van der Waals surface area (Å²) in [7, 11) is 1.65. The fourth-order valence-electron chi connectivity index (χ4n) is 4.34. The van der Waals surface area contributed by atoms with Gasteiger partial charge in [0.15, 0.2) is 0 Å². The van der Waals surface area contributed by atoms with Gasteiger partial charge in [-0.3, -0.25) is 4.79 Å². The van der Waals surface area contributed by atoms with E-state index in [1.54, 1.807) is 7.11 Å². The van der Waals surface area contributed by atoms with Gasteiger partial charge in [0.25, 0.3) is 0 Å². The Hall–Kier alpha value is -1.51. The lowest BCUT2D eigenvalue weighted by atomic mass is 9.84. The molecule has 0 heterocycles. The maximum atomic E-state index is 12.3. The Kier molecular flexibility index (Phi) is 4.18. The number of fused-ring (bicyclic) bond motifs is 2. The summed E-state index contributed by atoms with van der Waals surface area (Å²) in [6.45, 7) is 2.17. The van der Waals surface area contributed by atoms with E-state index >= 15 is 0 Å². The number of carbonyl (C=O) groups is 1. The number of amides is 1. The third kappa shape index (κ3) is 3.07. The highest BCUT2D eigenvalue weighted by molar-refractivity contribution is 5.79. The summed E-state index contributed by atoms with van der Waals surface area (Å²) >= 11 is 0. The van der Waals surface area contributed by atoms with E-state index in [4.69, 9.17) is 4.74 Å². The number of methoxy groups -OCH3 is 1. The molecule has 0 saturated heterocycles. The Bertz CT molecular complexity index is 514. The molecule has 2 bridgehead atoms. The average molecular weight is 287 g/mol. The van der Waals surface area contributed by atoms with Crippen LogP contribution < -0.4 is 10.1 Å². The smallest absolute Gasteiger partial charge is 0.224 e. The van der Waals surface area contributed by atoms with E-state index in [0.29, 0.717) is 18.4 Å². The highest BCUT2D eigenvalue weighted by atomic mass is 16.5. The van der Waals surface area contributed by atoms with Crippen LogP contribution in [0.3, 0.4) is 0 Å². The molecule has 1 N–H and O–H groups in total. The molecule has 3 nitrogen and oxygen atoms in total. The van der Waals surface area contributed by atoms with Crippen molar-refractivity contribution in [1.29, 1.82) is 0 Å². The molecule has 2 fully saturated rings. The summed E-state index contributed by atoms with van der Waals surface area (Å²) in [5.41, 5.74) is 0.956. The Labute approximate surface area is 127 Å². The first-order valence-electron chi connectivity index (χ1n) is 8.08. The van der Waals surface area contributed by atoms with Crippen molar-refractivity contribution in [2.45, 2.75) is 45.1 Å². The molecular formula is C18H25NO2. The average Bonchev–Trinajstić information content (AvgIpc) is 3.10. The van der Waals surface area contributed by atoms with Gasteiger partial charge in [0, 0.05) is 11.6 Å². The Morgan fingerprint density at radius 1 is 1.33 bits per heavy atom. The molecular weight excluding hydrogens is 262 g/mol. The van der Waals surface area contributed by atoms with Crippen LogP contribution in [0, 0.1) is 17.8 Å². The number of hydrogen-bond donors (Lipinski definition) is 1. The lowest BCUT2D eigenvalue weighted by Gasteiger charge is -2.28. The van der Waals surface area contributed by atoms with E-state index in [1.807, 2.05) is 24.3 Å². The normalized spacial score (nSPS) is 28.4. The number of nitrogens with one attached hydrogen (secondary N) is 1. The highest BCUT2D eigenvalue weighted by Crippen LogP contribution is 2.49. The number of benzene rings is 1. The van der Waals surface area contributed by atoms with Crippen LogP contribution in [0.1, 0.15) is 38.2 Å². The summed E-state index contributed by atoms with van der Waals surface area (Å²) in [5, 5.41) is 3.21. The Balaban J connectivity index is 1.56. The van der Waals surface area contributed by atoms with Gasteiger partial charge >= 0.3 is 0 Å². The van der Waals surface area contributed by atoms with Gasteiger partial charge < -0.3 is 10.1 Å². The summed E-state index contributed by atoms with van der Waals surface area (Å²) in [6, 6.07) is 8.04. The van der Waals surface area contributed by atoms with Crippen LogP contribution in [-0.4, -0.2) is 19.1 Å². The van der Waals surface area contributed by atoms with Crippen LogP contribution in [0.5, 0.6) is 5.75 Å². The van der Waals surface area contributed by atoms with Gasteiger partial charge in [-0.25, -0.2) is 0 Å². The second-order valence-corrected chi connectivity index (χ2v) is 6.68. The lowest BCUT2D eigenvalue weighted by molar-refractivity contribution is -0.121. The van der Waals surface area contributed by atoms with Crippen LogP contribution in [-0.2, 0) is 11.2 Å². The number of para-hydroxylation sites is 1. The molecule has 3 rings (SSSR count). The first-order valence-corrected chi connectivity index (χ1v) is 8.08. The third-order valence-corrected chi connectivity index (χ3v) is 5.37. The van der Waals surface area contributed by atoms with E-state index in [0.717, 1.165) is 23.1 Å². The van der Waals surface area contributed by atoms with Crippen molar-refractivity contribution < 1.29 is 9.53 Å². The highest BCUT2D eigenvalue weighted by Gasteiger charge is 2.42. The molecule has 0 radical (unpaired) electrons. The molecule has 0 unspecified atom stereocenters. The Morgan fingerprint density at radius 2 is 2.14 bits per heavy atom. The fourth-order valence-corrected chi connectivity index (χ4v) is 4.34. The van der Waals surface area contributed by atoms with Crippen molar-refractivity contribution in [3.8, 4) is 5.75 Å². The number of ether oxygens (including phenoxy) is 1. The van der Waals surface area contributed by atoms with Crippen LogP contribution in [0.4, 0.5) is 0 Å². The van der Waals surface area contributed by atoms with Gasteiger partial charge in [-0.05, 0) is 50.0 Å². The molecule has 2 aliphatic rings. The molecule has 2 saturated carbocycles. The van der Waals surface area contributed by atoms with Crippen molar-refractivity contribution >= 4 is 5.91 Å². The van der Waals surface area contributed by atoms with Gasteiger partial charge in [0.05, 0.1) is 13.5 Å². The van der Waals surface area contributed by atoms with Crippen LogP contribution in [0.2, 0.25) is 0 Å². The largest absolute Gasteiger partial charge is 0.496 e. The topological polar surface area (TPSA) is 38.3 Å². The predicted octanol–water partition coefficient (Wildman–Crippen LogP) is 3.18. The molecule has 4 atom stereocenters. The van der Waals surface area contributed by atoms with Crippen LogP contribution >= 0.6 is 0 Å². The fraction of sp³-hybridized carbons (Fsp3) is 0.611. The van der Waals surface area contributed by atoms with E-state index in [2.05, 4.69) is 12.2 Å². The van der Waals surface area contributed by atoms with Gasteiger partial charge in [0.1, 0.15) is 5.75 Å². The van der Waals surface area contributed by atoms with Crippen LogP contribution in [0.25, 0.3) is 0 Å². The monoisotopic (exact) mass is 287 g/mol. The van der Waals surface area contributed by atoms with Crippen LogP contribution in [0.15, 0.2) is 24.3 Å². The standard InChI is InChI=1S/C18H25NO2/c1-12(16-10-13-7-8-14(16)9-13)19-18(20)11-15-5-3-4-6-17(15)21-2/h3-6,12-14,16H,7-11H2,1-2H3,(H,19,20)/t12-,13+,14+,16+/m0/s1. The van der Waals surface area contributed by atoms with Crippen molar-refractivity contribution in [2.24, 2.45) is 17.8 Å². The van der Waals surface area contributed by atoms with Crippen molar-refractivity contribution in [2.75, 3.05) is 7.11 Å². The molecule has 0 aliphatic heterocycles. The number of rotatable bonds is 5.